The van der Waals surface area contributed by atoms with E-state index in [0.717, 1.165) is 0 Å². The number of imidazole rings is 1. The Kier molecular flexibility index (Phi) is 2.02. The lowest BCUT2D eigenvalue weighted by atomic mass is 10.2. The molecule has 1 aromatic heterocycles. The van der Waals surface area contributed by atoms with E-state index in [1.165, 1.54) is 6.07 Å². The van der Waals surface area contributed by atoms with Crippen molar-refractivity contribution in [3.8, 4) is 11.4 Å². The first-order chi connectivity index (χ1) is 6.81. The molecule has 0 saturated carbocycles. The first-order valence-corrected chi connectivity index (χ1v) is 4.08. The number of nitrogens with zero attached hydrogens (tertiary/aromatic N) is 2. The van der Waals surface area contributed by atoms with Crippen LogP contribution in [-0.2, 0) is 0 Å². The maximum absolute atomic E-state index is 10.4. The fourth-order valence-corrected chi connectivity index (χ4v) is 1.23. The number of rotatable bonds is 2. The highest BCUT2D eigenvalue weighted by molar-refractivity contribution is 5.76. The summed E-state index contributed by atoms with van der Waals surface area (Å²) in [6.45, 7) is 0. The third kappa shape index (κ3) is 1.37. The molecule has 14 heavy (non-hydrogen) atoms. The van der Waals surface area contributed by atoms with Crippen LogP contribution in [-0.4, -0.2) is 20.9 Å². The summed E-state index contributed by atoms with van der Waals surface area (Å²) in [4.78, 5) is 14.3. The standard InChI is InChI=1S/C10H8N2O2/c13-6-8-1-2-9(10(14)5-8)12-4-3-11-7-12/h1-7,14H. The van der Waals surface area contributed by atoms with E-state index >= 15 is 0 Å². The van der Waals surface area contributed by atoms with Crippen LogP contribution in [0.2, 0.25) is 0 Å². The van der Waals surface area contributed by atoms with Crippen LogP contribution >= 0.6 is 0 Å². The molecule has 0 radical (unpaired) electrons. The average molecular weight is 188 g/mol. The van der Waals surface area contributed by atoms with E-state index in [9.17, 15) is 9.90 Å². The summed E-state index contributed by atoms with van der Waals surface area (Å²) in [6.07, 6.45) is 5.61. The highest BCUT2D eigenvalue weighted by Crippen LogP contribution is 2.21. The van der Waals surface area contributed by atoms with E-state index in [1.807, 2.05) is 0 Å². The molecule has 0 amide bonds. The second kappa shape index (κ2) is 3.33. The maximum Gasteiger partial charge on any atom is 0.150 e. The van der Waals surface area contributed by atoms with Crippen molar-refractivity contribution < 1.29 is 9.90 Å². The summed E-state index contributed by atoms with van der Waals surface area (Å²) in [7, 11) is 0. The molecule has 2 rings (SSSR count). The SMILES string of the molecule is O=Cc1ccc(-n2ccnc2)c(O)c1. The van der Waals surface area contributed by atoms with Crippen LogP contribution in [0.4, 0.5) is 0 Å². The molecule has 4 heteroatoms. The van der Waals surface area contributed by atoms with Gasteiger partial charge in [0, 0.05) is 18.0 Å². The highest BCUT2D eigenvalue weighted by Gasteiger charge is 2.03. The third-order valence-electron chi connectivity index (χ3n) is 1.92. The van der Waals surface area contributed by atoms with Crippen LogP contribution in [0, 0.1) is 0 Å². The minimum absolute atomic E-state index is 0.0626. The van der Waals surface area contributed by atoms with Crippen molar-refractivity contribution >= 4 is 6.29 Å². The fourth-order valence-electron chi connectivity index (χ4n) is 1.23. The van der Waals surface area contributed by atoms with Gasteiger partial charge in [0.05, 0.1) is 12.0 Å². The fraction of sp³-hybridized carbons (Fsp3) is 0. The molecule has 0 atom stereocenters. The number of aldehydes is 1. The Morgan fingerprint density at radius 3 is 2.86 bits per heavy atom. The smallest absolute Gasteiger partial charge is 0.150 e. The Morgan fingerprint density at radius 1 is 1.43 bits per heavy atom. The van der Waals surface area contributed by atoms with Crippen LogP contribution in [0.25, 0.3) is 5.69 Å². The Hall–Kier alpha value is -2.10. The number of carbonyl (C=O) groups is 1. The molecular weight excluding hydrogens is 180 g/mol. The highest BCUT2D eigenvalue weighted by atomic mass is 16.3. The predicted octanol–water partition coefficient (Wildman–Crippen LogP) is 1.39. The summed E-state index contributed by atoms with van der Waals surface area (Å²) in [6, 6.07) is 4.73. The zero-order valence-corrected chi connectivity index (χ0v) is 7.29. The molecule has 4 nitrogen and oxygen atoms in total. The van der Waals surface area contributed by atoms with Crippen molar-refractivity contribution in [2.45, 2.75) is 0 Å². The Morgan fingerprint density at radius 2 is 2.29 bits per heavy atom. The van der Waals surface area contributed by atoms with Crippen molar-refractivity contribution in [3.63, 3.8) is 0 Å². The Balaban J connectivity index is 2.51. The van der Waals surface area contributed by atoms with Gasteiger partial charge in [0.2, 0.25) is 0 Å². The lowest BCUT2D eigenvalue weighted by molar-refractivity contribution is 0.112. The van der Waals surface area contributed by atoms with Crippen LogP contribution in [0.3, 0.4) is 0 Å². The van der Waals surface area contributed by atoms with Gasteiger partial charge in [0.1, 0.15) is 12.0 Å². The molecule has 0 aliphatic rings. The van der Waals surface area contributed by atoms with Gasteiger partial charge in [-0.2, -0.15) is 0 Å². The summed E-state index contributed by atoms with van der Waals surface area (Å²) < 4.78 is 1.67. The number of phenols is 1. The lowest BCUT2D eigenvalue weighted by Crippen LogP contribution is -1.91. The molecule has 0 aliphatic carbocycles. The summed E-state index contributed by atoms with van der Waals surface area (Å²) in [5.74, 6) is 0.0626. The van der Waals surface area contributed by atoms with Crippen LogP contribution in [0.1, 0.15) is 10.4 Å². The van der Waals surface area contributed by atoms with E-state index in [1.54, 1.807) is 35.4 Å². The number of hydrogen-bond donors (Lipinski definition) is 1. The zero-order chi connectivity index (χ0) is 9.97. The van der Waals surface area contributed by atoms with Crippen LogP contribution < -0.4 is 0 Å². The molecule has 0 spiro atoms. The third-order valence-corrected chi connectivity index (χ3v) is 1.92. The molecule has 0 bridgehead atoms. The van der Waals surface area contributed by atoms with Gasteiger partial charge in [-0.3, -0.25) is 4.79 Å². The lowest BCUT2D eigenvalue weighted by Gasteiger charge is -2.04. The topological polar surface area (TPSA) is 55.1 Å². The number of aromatic hydroxyl groups is 1. The van der Waals surface area contributed by atoms with Crippen LogP contribution in [0.15, 0.2) is 36.9 Å². The Labute approximate surface area is 80.4 Å². The Bertz CT molecular complexity index is 449. The summed E-state index contributed by atoms with van der Waals surface area (Å²) >= 11 is 0. The van der Waals surface area contributed by atoms with E-state index < -0.39 is 0 Å². The van der Waals surface area contributed by atoms with Crippen molar-refractivity contribution in [3.05, 3.63) is 42.5 Å². The van der Waals surface area contributed by atoms with Crippen molar-refractivity contribution in [2.24, 2.45) is 0 Å². The molecule has 1 heterocycles. The number of benzene rings is 1. The minimum atomic E-state index is 0.0626. The molecule has 2 aromatic rings. The largest absolute Gasteiger partial charge is 0.506 e. The minimum Gasteiger partial charge on any atom is -0.506 e. The molecular formula is C10H8N2O2. The predicted molar refractivity (Wildman–Crippen MR) is 50.6 cm³/mol. The van der Waals surface area contributed by atoms with Gasteiger partial charge >= 0.3 is 0 Å². The second-order valence-corrected chi connectivity index (χ2v) is 2.84. The number of hydrogen-bond acceptors (Lipinski definition) is 3. The van der Waals surface area contributed by atoms with Gasteiger partial charge in [0.15, 0.2) is 0 Å². The van der Waals surface area contributed by atoms with Gasteiger partial charge in [-0.15, -0.1) is 0 Å². The van der Waals surface area contributed by atoms with Gasteiger partial charge in [-0.1, -0.05) is 0 Å². The molecule has 1 aromatic carbocycles. The van der Waals surface area contributed by atoms with Gasteiger partial charge in [0.25, 0.3) is 0 Å². The first kappa shape index (κ1) is 8.50. The van der Waals surface area contributed by atoms with Crippen molar-refractivity contribution in [1.82, 2.24) is 9.55 Å². The zero-order valence-electron chi connectivity index (χ0n) is 7.29. The first-order valence-electron chi connectivity index (χ1n) is 4.08. The normalized spacial score (nSPS) is 10.0. The van der Waals surface area contributed by atoms with Gasteiger partial charge in [-0.05, 0) is 18.2 Å². The quantitative estimate of drug-likeness (QED) is 0.724. The van der Waals surface area contributed by atoms with Gasteiger partial charge in [-0.25, -0.2) is 4.98 Å². The molecule has 0 unspecified atom stereocenters. The van der Waals surface area contributed by atoms with E-state index in [-0.39, 0.29) is 5.75 Å². The van der Waals surface area contributed by atoms with Gasteiger partial charge < -0.3 is 9.67 Å². The number of carbonyl (C=O) groups excluding carboxylic acids is 1. The molecule has 70 valence electrons. The number of phenolic OH excluding ortho intramolecular Hbond substituents is 1. The molecule has 0 fully saturated rings. The summed E-state index contributed by atoms with van der Waals surface area (Å²) in [5, 5.41) is 9.59. The average Bonchev–Trinajstić information content (AvgIpc) is 2.70. The van der Waals surface area contributed by atoms with Crippen LogP contribution in [0.5, 0.6) is 5.75 Å². The summed E-state index contributed by atoms with van der Waals surface area (Å²) in [5.41, 5.74) is 1.06. The van der Waals surface area contributed by atoms with Crippen molar-refractivity contribution in [1.29, 1.82) is 0 Å². The van der Waals surface area contributed by atoms with E-state index in [2.05, 4.69) is 4.98 Å². The molecule has 0 aliphatic heterocycles. The molecule has 0 saturated heterocycles. The van der Waals surface area contributed by atoms with Crippen molar-refractivity contribution in [2.75, 3.05) is 0 Å². The second-order valence-electron chi connectivity index (χ2n) is 2.84. The monoisotopic (exact) mass is 188 g/mol. The van der Waals surface area contributed by atoms with E-state index in [0.29, 0.717) is 17.5 Å². The van der Waals surface area contributed by atoms with E-state index in [4.69, 9.17) is 0 Å². The number of aromatic nitrogens is 2. The maximum atomic E-state index is 10.4. The molecule has 1 N–H and O–H groups in total.